The predicted octanol–water partition coefficient (Wildman–Crippen LogP) is 3.36. The standard InChI is InChI=1S/C15H22F2N2/c1-2-3-4-5-6-19-10-11-7-12(16)8-13(17)15(11)14(19)9-18/h7-8,14H,2-6,9-10,18H2,1H3. The summed E-state index contributed by atoms with van der Waals surface area (Å²) in [5.74, 6) is -0.957. The first-order chi connectivity index (χ1) is 9.17. The summed E-state index contributed by atoms with van der Waals surface area (Å²) < 4.78 is 27.1. The summed E-state index contributed by atoms with van der Waals surface area (Å²) in [5, 5.41) is 0. The summed E-state index contributed by atoms with van der Waals surface area (Å²) in [5.41, 5.74) is 7.12. The van der Waals surface area contributed by atoms with Crippen LogP contribution in [0.1, 0.15) is 49.8 Å². The lowest BCUT2D eigenvalue weighted by Crippen LogP contribution is -2.29. The van der Waals surface area contributed by atoms with Crippen LogP contribution in [0.15, 0.2) is 12.1 Å². The molecule has 4 heteroatoms. The Hall–Kier alpha value is -1.00. The molecule has 1 unspecified atom stereocenters. The second kappa shape index (κ2) is 6.44. The Kier molecular flexibility index (Phi) is 4.88. The molecule has 0 saturated carbocycles. The van der Waals surface area contributed by atoms with Crippen LogP contribution in [0.3, 0.4) is 0 Å². The van der Waals surface area contributed by atoms with Gasteiger partial charge in [0.2, 0.25) is 0 Å². The molecule has 1 aliphatic rings. The SMILES string of the molecule is CCCCCCN1Cc2cc(F)cc(F)c2C1CN. The molecule has 0 spiro atoms. The quantitative estimate of drug-likeness (QED) is 0.802. The Balaban J connectivity index is 2.07. The number of unbranched alkanes of at least 4 members (excludes halogenated alkanes) is 3. The number of nitrogens with zero attached hydrogens (tertiary/aromatic N) is 1. The van der Waals surface area contributed by atoms with E-state index < -0.39 is 11.6 Å². The Labute approximate surface area is 113 Å². The number of fused-ring (bicyclic) bond motifs is 1. The maximum absolute atomic E-state index is 13.9. The van der Waals surface area contributed by atoms with Gasteiger partial charge in [-0.2, -0.15) is 0 Å². The Bertz CT molecular complexity index is 434. The molecule has 1 atom stereocenters. The van der Waals surface area contributed by atoms with Gasteiger partial charge < -0.3 is 5.73 Å². The fraction of sp³-hybridized carbons (Fsp3) is 0.600. The first kappa shape index (κ1) is 14.4. The Morgan fingerprint density at radius 1 is 1.26 bits per heavy atom. The van der Waals surface area contributed by atoms with Gasteiger partial charge in [-0.15, -0.1) is 0 Å². The number of halogens is 2. The van der Waals surface area contributed by atoms with Crippen LogP contribution in [0.4, 0.5) is 8.78 Å². The minimum atomic E-state index is -0.500. The third-order valence-corrected chi connectivity index (χ3v) is 3.85. The average molecular weight is 268 g/mol. The third-order valence-electron chi connectivity index (χ3n) is 3.85. The molecule has 2 nitrogen and oxygen atoms in total. The van der Waals surface area contributed by atoms with Crippen molar-refractivity contribution in [2.45, 2.75) is 45.2 Å². The minimum absolute atomic E-state index is 0.0998. The van der Waals surface area contributed by atoms with Crippen LogP contribution >= 0.6 is 0 Å². The number of benzene rings is 1. The van der Waals surface area contributed by atoms with Gasteiger partial charge in [-0.1, -0.05) is 26.2 Å². The zero-order valence-electron chi connectivity index (χ0n) is 11.5. The lowest BCUT2D eigenvalue weighted by Gasteiger charge is -2.23. The molecule has 2 rings (SSSR count). The summed E-state index contributed by atoms with van der Waals surface area (Å²) in [7, 11) is 0. The van der Waals surface area contributed by atoms with E-state index in [0.29, 0.717) is 18.7 Å². The molecule has 0 fully saturated rings. The summed E-state index contributed by atoms with van der Waals surface area (Å²) in [6.07, 6.45) is 4.68. The highest BCUT2D eigenvalue weighted by molar-refractivity contribution is 5.36. The topological polar surface area (TPSA) is 29.3 Å². The van der Waals surface area contributed by atoms with Crippen LogP contribution in [0.25, 0.3) is 0 Å². The minimum Gasteiger partial charge on any atom is -0.329 e. The molecule has 106 valence electrons. The zero-order valence-corrected chi connectivity index (χ0v) is 11.5. The van der Waals surface area contributed by atoms with Crippen molar-refractivity contribution >= 4 is 0 Å². The van der Waals surface area contributed by atoms with Crippen LogP contribution in [-0.2, 0) is 6.54 Å². The highest BCUT2D eigenvalue weighted by atomic mass is 19.1. The van der Waals surface area contributed by atoms with E-state index in [4.69, 9.17) is 5.73 Å². The van der Waals surface area contributed by atoms with Gasteiger partial charge in [0.05, 0.1) is 6.04 Å². The van der Waals surface area contributed by atoms with Gasteiger partial charge in [-0.25, -0.2) is 8.78 Å². The normalized spacial score (nSPS) is 18.8. The monoisotopic (exact) mass is 268 g/mol. The molecule has 0 radical (unpaired) electrons. The van der Waals surface area contributed by atoms with Crippen molar-refractivity contribution < 1.29 is 8.78 Å². The molecular weight excluding hydrogens is 246 g/mol. The second-order valence-electron chi connectivity index (χ2n) is 5.24. The molecule has 0 bridgehead atoms. The number of hydrogen-bond acceptors (Lipinski definition) is 2. The lowest BCUT2D eigenvalue weighted by molar-refractivity contribution is 0.212. The average Bonchev–Trinajstić information content (AvgIpc) is 2.72. The van der Waals surface area contributed by atoms with Crippen molar-refractivity contribution in [1.29, 1.82) is 0 Å². The van der Waals surface area contributed by atoms with E-state index >= 15 is 0 Å². The largest absolute Gasteiger partial charge is 0.329 e. The Morgan fingerprint density at radius 3 is 2.74 bits per heavy atom. The van der Waals surface area contributed by atoms with Crippen molar-refractivity contribution in [2.75, 3.05) is 13.1 Å². The van der Waals surface area contributed by atoms with E-state index in [0.717, 1.165) is 24.6 Å². The molecule has 0 saturated heterocycles. The molecule has 2 N–H and O–H groups in total. The van der Waals surface area contributed by atoms with E-state index in [-0.39, 0.29) is 6.04 Å². The lowest BCUT2D eigenvalue weighted by atomic mass is 10.0. The van der Waals surface area contributed by atoms with Crippen LogP contribution < -0.4 is 5.73 Å². The predicted molar refractivity (Wildman–Crippen MR) is 72.7 cm³/mol. The van der Waals surface area contributed by atoms with Crippen molar-refractivity contribution in [2.24, 2.45) is 5.73 Å². The summed E-state index contributed by atoms with van der Waals surface area (Å²) in [6, 6.07) is 2.30. The van der Waals surface area contributed by atoms with Gasteiger partial charge in [0.15, 0.2) is 0 Å². The highest BCUT2D eigenvalue weighted by Gasteiger charge is 2.31. The van der Waals surface area contributed by atoms with E-state index in [1.54, 1.807) is 0 Å². The molecule has 1 aliphatic heterocycles. The van der Waals surface area contributed by atoms with Gasteiger partial charge in [-0.3, -0.25) is 4.90 Å². The summed E-state index contributed by atoms with van der Waals surface area (Å²) in [6.45, 7) is 4.06. The highest BCUT2D eigenvalue weighted by Crippen LogP contribution is 2.35. The van der Waals surface area contributed by atoms with Crippen LogP contribution in [-0.4, -0.2) is 18.0 Å². The van der Waals surface area contributed by atoms with Crippen LogP contribution in [0.5, 0.6) is 0 Å². The van der Waals surface area contributed by atoms with Gasteiger partial charge in [0, 0.05) is 24.7 Å². The molecule has 0 aliphatic carbocycles. The van der Waals surface area contributed by atoms with Gasteiger partial charge >= 0.3 is 0 Å². The summed E-state index contributed by atoms with van der Waals surface area (Å²) in [4.78, 5) is 2.17. The third kappa shape index (κ3) is 3.12. The van der Waals surface area contributed by atoms with E-state index in [1.807, 2.05) is 0 Å². The molecule has 1 aromatic rings. The van der Waals surface area contributed by atoms with E-state index in [2.05, 4.69) is 11.8 Å². The van der Waals surface area contributed by atoms with Gasteiger partial charge in [0.1, 0.15) is 11.6 Å². The maximum atomic E-state index is 13.9. The zero-order chi connectivity index (χ0) is 13.8. The van der Waals surface area contributed by atoms with Crippen molar-refractivity contribution in [3.8, 4) is 0 Å². The van der Waals surface area contributed by atoms with Crippen molar-refractivity contribution in [3.05, 3.63) is 34.9 Å². The van der Waals surface area contributed by atoms with Gasteiger partial charge in [-0.05, 0) is 24.6 Å². The molecule has 1 heterocycles. The number of rotatable bonds is 6. The fourth-order valence-electron chi connectivity index (χ4n) is 2.90. The van der Waals surface area contributed by atoms with Crippen LogP contribution in [0.2, 0.25) is 0 Å². The first-order valence-electron chi connectivity index (χ1n) is 7.09. The number of hydrogen-bond donors (Lipinski definition) is 1. The van der Waals surface area contributed by atoms with E-state index in [9.17, 15) is 8.78 Å². The fourth-order valence-corrected chi connectivity index (χ4v) is 2.90. The number of nitrogens with two attached hydrogens (primary N) is 1. The van der Waals surface area contributed by atoms with E-state index in [1.165, 1.54) is 25.3 Å². The molecule has 0 amide bonds. The second-order valence-corrected chi connectivity index (χ2v) is 5.24. The Morgan fingerprint density at radius 2 is 2.05 bits per heavy atom. The van der Waals surface area contributed by atoms with Gasteiger partial charge in [0.25, 0.3) is 0 Å². The maximum Gasteiger partial charge on any atom is 0.131 e. The van der Waals surface area contributed by atoms with Crippen molar-refractivity contribution in [3.63, 3.8) is 0 Å². The molecular formula is C15H22F2N2. The molecule has 0 aromatic heterocycles. The van der Waals surface area contributed by atoms with Crippen LogP contribution in [0, 0.1) is 11.6 Å². The summed E-state index contributed by atoms with van der Waals surface area (Å²) >= 11 is 0. The van der Waals surface area contributed by atoms with Crippen molar-refractivity contribution in [1.82, 2.24) is 4.90 Å². The first-order valence-corrected chi connectivity index (χ1v) is 7.09. The smallest absolute Gasteiger partial charge is 0.131 e. The molecule has 19 heavy (non-hydrogen) atoms. The molecule has 1 aromatic carbocycles.